The molecule has 3 N–H and O–H groups in total. The van der Waals surface area contributed by atoms with Gasteiger partial charge < -0.3 is 5.73 Å². The van der Waals surface area contributed by atoms with E-state index >= 15 is 0 Å². The number of halogens is 1. The first kappa shape index (κ1) is 14.5. The summed E-state index contributed by atoms with van der Waals surface area (Å²) in [6.45, 7) is 3.20. The summed E-state index contributed by atoms with van der Waals surface area (Å²) in [6, 6.07) is 1.73. The summed E-state index contributed by atoms with van der Waals surface area (Å²) in [4.78, 5) is -0.463. The van der Waals surface area contributed by atoms with Crippen LogP contribution in [0.25, 0.3) is 0 Å². The number of hydrogen-bond acceptors (Lipinski definition) is 3. The second kappa shape index (κ2) is 5.38. The highest BCUT2D eigenvalue weighted by Gasteiger charge is 2.22. The van der Waals surface area contributed by atoms with Crippen molar-refractivity contribution in [3.05, 3.63) is 23.5 Å². The predicted octanol–water partition coefficient (Wildman–Crippen LogP) is 1.41. The summed E-state index contributed by atoms with van der Waals surface area (Å²) >= 11 is 0. The van der Waals surface area contributed by atoms with Gasteiger partial charge in [0.1, 0.15) is 10.7 Å². The summed E-state index contributed by atoms with van der Waals surface area (Å²) in [5, 5.41) is 0. The zero-order valence-corrected chi connectivity index (χ0v) is 11.0. The van der Waals surface area contributed by atoms with Crippen LogP contribution in [0.2, 0.25) is 0 Å². The molecule has 4 nitrogen and oxygen atoms in total. The van der Waals surface area contributed by atoms with E-state index in [1.54, 1.807) is 13.8 Å². The third-order valence-electron chi connectivity index (χ3n) is 2.39. The Balaban J connectivity index is 3.14. The summed E-state index contributed by atoms with van der Waals surface area (Å²) in [6.07, 6.45) is 5.31. The fourth-order valence-corrected chi connectivity index (χ4v) is 2.76. The van der Waals surface area contributed by atoms with Crippen LogP contribution in [0.4, 0.5) is 10.1 Å². The summed E-state index contributed by atoms with van der Waals surface area (Å²) in [7, 11) is -3.95. The molecule has 18 heavy (non-hydrogen) atoms. The van der Waals surface area contributed by atoms with Crippen LogP contribution in [0, 0.1) is 25.1 Å². The largest absolute Gasteiger partial charge is 0.398 e. The number of nitrogens with one attached hydrogen (secondary N) is 1. The van der Waals surface area contributed by atoms with Gasteiger partial charge in [0.05, 0.1) is 0 Å². The molecular weight excluding hydrogens is 255 g/mol. The molecule has 0 saturated carbocycles. The Labute approximate surface area is 106 Å². The highest BCUT2D eigenvalue weighted by Crippen LogP contribution is 2.21. The van der Waals surface area contributed by atoms with Crippen molar-refractivity contribution in [2.75, 3.05) is 5.73 Å². The van der Waals surface area contributed by atoms with Gasteiger partial charge in [-0.1, -0.05) is 0 Å². The van der Waals surface area contributed by atoms with Crippen molar-refractivity contribution >= 4 is 15.7 Å². The number of hydrogen-bond donors (Lipinski definition) is 2. The van der Waals surface area contributed by atoms with Gasteiger partial charge in [0.25, 0.3) is 0 Å². The van der Waals surface area contributed by atoms with Crippen molar-refractivity contribution in [1.82, 2.24) is 4.72 Å². The number of anilines is 1. The van der Waals surface area contributed by atoms with Crippen LogP contribution in [0.1, 0.15) is 18.9 Å². The quantitative estimate of drug-likeness (QED) is 0.642. The van der Waals surface area contributed by atoms with Gasteiger partial charge in [0.15, 0.2) is 0 Å². The Morgan fingerprint density at radius 3 is 2.72 bits per heavy atom. The summed E-state index contributed by atoms with van der Waals surface area (Å²) in [5.74, 6) is 1.50. The molecule has 0 amide bonds. The van der Waals surface area contributed by atoms with E-state index in [9.17, 15) is 12.8 Å². The Bertz CT molecular complexity index is 591. The lowest BCUT2D eigenvalue weighted by atomic mass is 10.2. The molecule has 0 radical (unpaired) electrons. The Hall–Kier alpha value is -1.58. The lowest BCUT2D eigenvalue weighted by Crippen LogP contribution is -2.32. The van der Waals surface area contributed by atoms with Gasteiger partial charge in [0.2, 0.25) is 10.0 Å². The van der Waals surface area contributed by atoms with Crippen molar-refractivity contribution in [2.24, 2.45) is 0 Å². The number of sulfonamides is 1. The minimum Gasteiger partial charge on any atom is -0.398 e. The second-order valence-corrected chi connectivity index (χ2v) is 5.75. The first-order valence-corrected chi connectivity index (χ1v) is 6.77. The zero-order chi connectivity index (χ0) is 13.9. The van der Waals surface area contributed by atoms with Crippen molar-refractivity contribution in [1.29, 1.82) is 0 Å². The van der Waals surface area contributed by atoms with E-state index in [4.69, 9.17) is 12.2 Å². The molecular formula is C12H15FN2O2S. The molecule has 0 aliphatic rings. The van der Waals surface area contributed by atoms with Crippen LogP contribution >= 0.6 is 0 Å². The maximum Gasteiger partial charge on any atom is 0.243 e. The number of aryl methyl sites for hydroxylation is 1. The fourth-order valence-electron chi connectivity index (χ4n) is 1.42. The molecule has 6 heteroatoms. The lowest BCUT2D eigenvalue weighted by molar-refractivity contribution is 0.544. The van der Waals surface area contributed by atoms with E-state index in [1.165, 1.54) is 0 Å². The average molecular weight is 270 g/mol. The molecule has 1 unspecified atom stereocenters. The van der Waals surface area contributed by atoms with E-state index in [1.807, 2.05) is 0 Å². The molecule has 0 aromatic heterocycles. The van der Waals surface area contributed by atoms with Crippen LogP contribution in [0.5, 0.6) is 0 Å². The van der Waals surface area contributed by atoms with E-state index in [2.05, 4.69) is 10.6 Å². The van der Waals surface area contributed by atoms with Gasteiger partial charge in [-0.3, -0.25) is 0 Å². The SMILES string of the molecule is C#CCC(C)NS(=O)(=O)c1cc(N)c(C)cc1F. The van der Waals surface area contributed by atoms with Gasteiger partial charge in [0, 0.05) is 18.2 Å². The Kier molecular flexibility index (Phi) is 4.33. The van der Waals surface area contributed by atoms with Gasteiger partial charge >= 0.3 is 0 Å². The third kappa shape index (κ3) is 3.22. The molecule has 1 rings (SSSR count). The molecule has 0 heterocycles. The molecule has 1 aromatic rings. The molecule has 0 spiro atoms. The molecule has 0 aliphatic carbocycles. The number of rotatable bonds is 4. The number of nitrogen functional groups attached to an aromatic ring is 1. The van der Waals surface area contributed by atoms with Crippen LogP contribution in [0.3, 0.4) is 0 Å². The standard InChI is InChI=1S/C12H15FN2O2S/c1-4-5-9(3)15-18(16,17)12-7-11(14)8(2)6-10(12)13/h1,6-7,9,15H,5,14H2,2-3H3. The normalized spacial score (nSPS) is 13.0. The monoisotopic (exact) mass is 270 g/mol. The van der Waals surface area contributed by atoms with Crippen LogP contribution in [-0.2, 0) is 10.0 Å². The van der Waals surface area contributed by atoms with Crippen molar-refractivity contribution in [3.8, 4) is 12.3 Å². The minimum absolute atomic E-state index is 0.223. The number of benzene rings is 1. The third-order valence-corrected chi connectivity index (χ3v) is 3.99. The highest BCUT2D eigenvalue weighted by atomic mass is 32.2. The minimum atomic E-state index is -3.95. The van der Waals surface area contributed by atoms with E-state index < -0.39 is 26.8 Å². The lowest BCUT2D eigenvalue weighted by Gasteiger charge is -2.13. The van der Waals surface area contributed by atoms with Crippen molar-refractivity contribution in [3.63, 3.8) is 0 Å². The Morgan fingerprint density at radius 1 is 1.56 bits per heavy atom. The molecule has 0 bridgehead atoms. The zero-order valence-electron chi connectivity index (χ0n) is 10.2. The fraction of sp³-hybridized carbons (Fsp3) is 0.333. The second-order valence-electron chi connectivity index (χ2n) is 4.07. The topological polar surface area (TPSA) is 72.2 Å². The van der Waals surface area contributed by atoms with Crippen molar-refractivity contribution in [2.45, 2.75) is 31.2 Å². The Morgan fingerprint density at radius 2 is 2.17 bits per heavy atom. The molecule has 0 aliphatic heterocycles. The predicted molar refractivity (Wildman–Crippen MR) is 68.8 cm³/mol. The van der Waals surface area contributed by atoms with Gasteiger partial charge in [-0.25, -0.2) is 17.5 Å². The number of nitrogens with two attached hydrogens (primary N) is 1. The smallest absolute Gasteiger partial charge is 0.243 e. The molecule has 1 aromatic carbocycles. The van der Waals surface area contributed by atoms with Crippen LogP contribution in [-0.4, -0.2) is 14.5 Å². The maximum absolute atomic E-state index is 13.6. The van der Waals surface area contributed by atoms with E-state index in [0.717, 1.165) is 12.1 Å². The molecule has 0 saturated heterocycles. The van der Waals surface area contributed by atoms with E-state index in [0.29, 0.717) is 5.56 Å². The molecule has 1 atom stereocenters. The van der Waals surface area contributed by atoms with Crippen LogP contribution < -0.4 is 10.5 Å². The first-order chi connectivity index (χ1) is 8.27. The van der Waals surface area contributed by atoms with Gasteiger partial charge in [-0.2, -0.15) is 0 Å². The highest BCUT2D eigenvalue weighted by molar-refractivity contribution is 7.89. The van der Waals surface area contributed by atoms with Crippen molar-refractivity contribution < 1.29 is 12.8 Å². The summed E-state index contributed by atoms with van der Waals surface area (Å²) < 4.78 is 39.8. The van der Waals surface area contributed by atoms with Gasteiger partial charge in [-0.05, 0) is 31.5 Å². The maximum atomic E-state index is 13.6. The van der Waals surface area contributed by atoms with Crippen LogP contribution in [0.15, 0.2) is 17.0 Å². The molecule has 98 valence electrons. The first-order valence-electron chi connectivity index (χ1n) is 5.29. The average Bonchev–Trinajstić information content (AvgIpc) is 2.22. The summed E-state index contributed by atoms with van der Waals surface area (Å²) in [5.41, 5.74) is 6.30. The van der Waals surface area contributed by atoms with E-state index in [-0.39, 0.29) is 12.1 Å². The molecule has 0 fully saturated rings. The van der Waals surface area contributed by atoms with Gasteiger partial charge in [-0.15, -0.1) is 12.3 Å². The number of terminal acetylenes is 1.